The lowest BCUT2D eigenvalue weighted by atomic mass is 10.1. The lowest BCUT2D eigenvalue weighted by molar-refractivity contribution is 0.386. The zero-order chi connectivity index (χ0) is 17.0. The van der Waals surface area contributed by atoms with Gasteiger partial charge in [0.1, 0.15) is 5.82 Å². The first kappa shape index (κ1) is 17.6. The van der Waals surface area contributed by atoms with Crippen LogP contribution in [-0.2, 0) is 22.2 Å². The molecule has 23 heavy (non-hydrogen) atoms. The van der Waals surface area contributed by atoms with E-state index >= 15 is 0 Å². The number of hydrogen-bond donors (Lipinski definition) is 0. The van der Waals surface area contributed by atoms with E-state index < -0.39 is 15.8 Å². The second kappa shape index (κ2) is 7.23. The van der Waals surface area contributed by atoms with Gasteiger partial charge in [0.25, 0.3) is 0 Å². The summed E-state index contributed by atoms with van der Waals surface area (Å²) in [6.07, 6.45) is 0.638. The van der Waals surface area contributed by atoms with E-state index in [1.807, 2.05) is 38.1 Å². The minimum absolute atomic E-state index is 0.170. The third kappa shape index (κ3) is 4.88. The van der Waals surface area contributed by atoms with E-state index in [1.54, 1.807) is 13.1 Å². The minimum Gasteiger partial charge on any atom is -0.212 e. The van der Waals surface area contributed by atoms with Crippen LogP contribution in [0.4, 0.5) is 4.39 Å². The molecule has 0 spiro atoms. The highest BCUT2D eigenvalue weighted by molar-refractivity contribution is 7.88. The van der Waals surface area contributed by atoms with Gasteiger partial charge >= 0.3 is 0 Å². The van der Waals surface area contributed by atoms with Crippen molar-refractivity contribution in [3.05, 3.63) is 71.0 Å². The molecule has 124 valence electrons. The Morgan fingerprint density at radius 2 is 1.74 bits per heavy atom. The maximum absolute atomic E-state index is 13.2. The fourth-order valence-corrected chi connectivity index (χ4v) is 3.83. The smallest absolute Gasteiger partial charge is 0.212 e. The summed E-state index contributed by atoms with van der Waals surface area (Å²) in [6.45, 7) is 3.89. The van der Waals surface area contributed by atoms with Crippen LogP contribution in [0.1, 0.15) is 23.6 Å². The maximum atomic E-state index is 13.2. The number of nitrogens with zero attached hydrogens (tertiary/aromatic N) is 1. The first-order valence-corrected chi connectivity index (χ1v) is 9.14. The lowest BCUT2D eigenvalue weighted by Crippen LogP contribution is -2.37. The summed E-state index contributed by atoms with van der Waals surface area (Å²) in [7, 11) is -1.91. The summed E-state index contributed by atoms with van der Waals surface area (Å²) in [4.78, 5) is 0. The molecule has 0 aliphatic carbocycles. The summed E-state index contributed by atoms with van der Waals surface area (Å²) in [5.74, 6) is -0.618. The minimum atomic E-state index is -3.49. The largest absolute Gasteiger partial charge is 0.218 e. The van der Waals surface area contributed by atoms with Gasteiger partial charge in [0.15, 0.2) is 0 Å². The van der Waals surface area contributed by atoms with Gasteiger partial charge in [0.2, 0.25) is 10.0 Å². The Labute approximate surface area is 137 Å². The average molecular weight is 335 g/mol. The molecular weight excluding hydrogens is 313 g/mol. The zero-order valence-electron chi connectivity index (χ0n) is 13.7. The van der Waals surface area contributed by atoms with Crippen molar-refractivity contribution in [1.29, 1.82) is 0 Å². The highest BCUT2D eigenvalue weighted by Crippen LogP contribution is 2.16. The van der Waals surface area contributed by atoms with E-state index in [0.29, 0.717) is 12.0 Å². The van der Waals surface area contributed by atoms with E-state index in [0.717, 1.165) is 5.56 Å². The van der Waals surface area contributed by atoms with Gasteiger partial charge in [-0.2, -0.15) is 0 Å². The Hall–Kier alpha value is -1.72. The van der Waals surface area contributed by atoms with Gasteiger partial charge < -0.3 is 0 Å². The van der Waals surface area contributed by atoms with Crippen molar-refractivity contribution in [2.75, 3.05) is 7.05 Å². The quantitative estimate of drug-likeness (QED) is 0.810. The predicted molar refractivity (Wildman–Crippen MR) is 91.1 cm³/mol. The van der Waals surface area contributed by atoms with Crippen LogP contribution in [0.2, 0.25) is 0 Å². The molecule has 1 unspecified atom stereocenters. The van der Waals surface area contributed by atoms with Crippen LogP contribution in [0.5, 0.6) is 0 Å². The van der Waals surface area contributed by atoms with Crippen molar-refractivity contribution < 1.29 is 12.8 Å². The second-order valence-electron chi connectivity index (χ2n) is 5.94. The Bertz CT molecular complexity index is 757. The molecule has 0 saturated carbocycles. The molecule has 1 atom stereocenters. The third-order valence-electron chi connectivity index (χ3n) is 3.95. The summed E-state index contributed by atoms with van der Waals surface area (Å²) < 4.78 is 39.6. The van der Waals surface area contributed by atoms with E-state index in [4.69, 9.17) is 0 Å². The molecule has 2 aromatic carbocycles. The Morgan fingerprint density at radius 3 is 2.35 bits per heavy atom. The van der Waals surface area contributed by atoms with Gasteiger partial charge in [0, 0.05) is 13.1 Å². The van der Waals surface area contributed by atoms with Gasteiger partial charge in [-0.1, -0.05) is 42.0 Å². The predicted octanol–water partition coefficient (Wildman–Crippen LogP) is 3.53. The maximum Gasteiger partial charge on any atom is 0.218 e. The van der Waals surface area contributed by atoms with E-state index in [9.17, 15) is 12.8 Å². The fourth-order valence-electron chi connectivity index (χ4n) is 2.41. The molecule has 2 aromatic rings. The van der Waals surface area contributed by atoms with Crippen LogP contribution in [0.15, 0.2) is 48.5 Å². The van der Waals surface area contributed by atoms with Crippen LogP contribution < -0.4 is 0 Å². The number of aryl methyl sites for hydroxylation is 1. The molecule has 0 aliphatic rings. The van der Waals surface area contributed by atoms with E-state index in [1.165, 1.54) is 28.1 Å². The normalized spacial score (nSPS) is 13.3. The van der Waals surface area contributed by atoms with Crippen LogP contribution in [0.3, 0.4) is 0 Å². The van der Waals surface area contributed by atoms with Crippen molar-refractivity contribution in [1.82, 2.24) is 4.31 Å². The standard InChI is InChI=1S/C18H22FNO2S/c1-14-7-9-16(10-8-14)11-15(2)20(3)23(21,22)13-17-5-4-6-18(19)12-17/h4-10,12,15H,11,13H2,1-3H3. The molecule has 0 aliphatic heterocycles. The van der Waals surface area contributed by atoms with Crippen molar-refractivity contribution in [3.8, 4) is 0 Å². The highest BCUT2D eigenvalue weighted by Gasteiger charge is 2.23. The molecule has 0 amide bonds. The molecule has 5 heteroatoms. The van der Waals surface area contributed by atoms with Gasteiger partial charge in [-0.25, -0.2) is 17.1 Å². The summed E-state index contributed by atoms with van der Waals surface area (Å²) >= 11 is 0. The van der Waals surface area contributed by atoms with Crippen LogP contribution in [-0.4, -0.2) is 25.8 Å². The summed E-state index contributed by atoms with van der Waals surface area (Å²) in [5.41, 5.74) is 2.73. The zero-order valence-corrected chi connectivity index (χ0v) is 14.5. The Balaban J connectivity index is 2.07. The summed E-state index contributed by atoms with van der Waals surface area (Å²) in [6, 6.07) is 13.6. The first-order valence-electron chi connectivity index (χ1n) is 7.53. The SMILES string of the molecule is Cc1ccc(CC(C)N(C)S(=O)(=O)Cc2cccc(F)c2)cc1. The van der Waals surface area contributed by atoms with Gasteiger partial charge in [-0.3, -0.25) is 0 Å². The Morgan fingerprint density at radius 1 is 1.09 bits per heavy atom. The number of hydrogen-bond acceptors (Lipinski definition) is 2. The number of rotatable bonds is 6. The molecule has 0 fully saturated rings. The van der Waals surface area contributed by atoms with Crippen LogP contribution in [0.25, 0.3) is 0 Å². The van der Waals surface area contributed by atoms with Crippen molar-refractivity contribution >= 4 is 10.0 Å². The number of halogens is 1. The molecule has 2 rings (SSSR count). The lowest BCUT2D eigenvalue weighted by Gasteiger charge is -2.24. The topological polar surface area (TPSA) is 37.4 Å². The second-order valence-corrected chi connectivity index (χ2v) is 7.97. The monoisotopic (exact) mass is 335 g/mol. The van der Waals surface area contributed by atoms with Gasteiger partial charge in [0.05, 0.1) is 5.75 Å². The number of benzene rings is 2. The molecule has 0 aromatic heterocycles. The van der Waals surface area contributed by atoms with Crippen LogP contribution >= 0.6 is 0 Å². The average Bonchev–Trinajstić information content (AvgIpc) is 2.48. The number of likely N-dealkylation sites (N-methyl/N-ethyl adjacent to an activating group) is 1. The first-order chi connectivity index (χ1) is 10.8. The molecular formula is C18H22FNO2S. The van der Waals surface area contributed by atoms with Gasteiger partial charge in [-0.15, -0.1) is 0 Å². The summed E-state index contributed by atoms with van der Waals surface area (Å²) in [5, 5.41) is 0. The van der Waals surface area contributed by atoms with E-state index in [2.05, 4.69) is 0 Å². The van der Waals surface area contributed by atoms with Crippen molar-refractivity contribution in [3.63, 3.8) is 0 Å². The van der Waals surface area contributed by atoms with Crippen molar-refractivity contribution in [2.24, 2.45) is 0 Å². The highest BCUT2D eigenvalue weighted by atomic mass is 32.2. The van der Waals surface area contributed by atoms with Gasteiger partial charge in [-0.05, 0) is 43.5 Å². The third-order valence-corrected chi connectivity index (χ3v) is 5.88. The molecule has 0 heterocycles. The molecule has 0 radical (unpaired) electrons. The Kier molecular flexibility index (Phi) is 5.55. The van der Waals surface area contributed by atoms with E-state index in [-0.39, 0.29) is 11.8 Å². The molecule has 0 saturated heterocycles. The fraction of sp³-hybridized carbons (Fsp3) is 0.333. The molecule has 0 bridgehead atoms. The molecule has 3 nitrogen and oxygen atoms in total. The van der Waals surface area contributed by atoms with Crippen LogP contribution in [0, 0.1) is 12.7 Å². The molecule has 0 N–H and O–H groups in total. The number of sulfonamides is 1. The van der Waals surface area contributed by atoms with Crippen molar-refractivity contribution in [2.45, 2.75) is 32.1 Å².